The predicted molar refractivity (Wildman–Crippen MR) is 29.0 cm³/mol. The molecule has 0 aromatic carbocycles. The number of carbonyl (C=O) groups is 1. The van der Waals surface area contributed by atoms with Crippen LogP contribution in [0.4, 0.5) is 0 Å². The lowest BCUT2D eigenvalue weighted by atomic mass is 10.2. The van der Waals surface area contributed by atoms with Crippen molar-refractivity contribution in [2.75, 3.05) is 6.54 Å². The van der Waals surface area contributed by atoms with E-state index < -0.39 is 6.17 Å². The van der Waals surface area contributed by atoms with E-state index in [0.29, 0.717) is 6.54 Å². The lowest BCUT2D eigenvalue weighted by Gasteiger charge is -1.96. The molecule has 0 radical (unpaired) electrons. The zero-order valence-electron chi connectivity index (χ0n) is 4.42. The van der Waals surface area contributed by atoms with Gasteiger partial charge in [0.15, 0.2) is 5.78 Å². The van der Waals surface area contributed by atoms with E-state index in [4.69, 9.17) is 11.5 Å². The summed E-state index contributed by atoms with van der Waals surface area (Å²) in [7, 11) is 0. The molecule has 4 heteroatoms. The minimum atomic E-state index is -0.523. The van der Waals surface area contributed by atoms with E-state index in [1.807, 2.05) is 0 Å². The number of Topliss-reactive ketones (excluding diaryl/α,β-unsaturated/α-hetero) is 1. The summed E-state index contributed by atoms with van der Waals surface area (Å²) in [5.74, 6) is -0.0926. The van der Waals surface area contributed by atoms with Crippen molar-refractivity contribution in [1.82, 2.24) is 5.32 Å². The summed E-state index contributed by atoms with van der Waals surface area (Å²) < 4.78 is 0. The van der Waals surface area contributed by atoms with Crippen LogP contribution in [-0.2, 0) is 4.79 Å². The summed E-state index contributed by atoms with van der Waals surface area (Å²) in [6.45, 7) is 0.514. The maximum absolute atomic E-state index is 10.6. The summed E-state index contributed by atoms with van der Waals surface area (Å²) >= 11 is 0. The molecular formula is C4H9N3O. The fourth-order valence-corrected chi connectivity index (χ4v) is 0.686. The molecule has 4 nitrogen and oxygen atoms in total. The zero-order chi connectivity index (χ0) is 6.15. The van der Waals surface area contributed by atoms with Crippen molar-refractivity contribution >= 4 is 5.78 Å². The molecule has 0 saturated carbocycles. The number of rotatable bonds is 0. The molecule has 0 spiro atoms. The lowest BCUT2D eigenvalue weighted by Crippen LogP contribution is -2.38. The van der Waals surface area contributed by atoms with Crippen molar-refractivity contribution in [3.05, 3.63) is 0 Å². The van der Waals surface area contributed by atoms with E-state index in [-0.39, 0.29) is 11.8 Å². The minimum Gasteiger partial charge on any atom is -0.320 e. The van der Waals surface area contributed by atoms with Gasteiger partial charge in [0.1, 0.15) is 6.17 Å². The van der Waals surface area contributed by atoms with Crippen molar-refractivity contribution < 1.29 is 4.79 Å². The molecule has 0 aromatic heterocycles. The molecule has 1 aliphatic rings. The molecular weight excluding hydrogens is 106 g/mol. The number of hydrogen-bond acceptors (Lipinski definition) is 4. The molecule has 5 N–H and O–H groups in total. The van der Waals surface area contributed by atoms with Gasteiger partial charge in [0.25, 0.3) is 0 Å². The highest BCUT2D eigenvalue weighted by Crippen LogP contribution is 1.91. The third-order valence-electron chi connectivity index (χ3n) is 1.23. The monoisotopic (exact) mass is 115 g/mol. The first kappa shape index (κ1) is 5.68. The zero-order valence-corrected chi connectivity index (χ0v) is 4.42. The van der Waals surface area contributed by atoms with Crippen LogP contribution in [0.5, 0.6) is 0 Å². The van der Waals surface area contributed by atoms with Gasteiger partial charge >= 0.3 is 0 Å². The Hall–Kier alpha value is -0.450. The summed E-state index contributed by atoms with van der Waals surface area (Å²) in [6.07, 6.45) is -0.523. The Bertz CT molecular complexity index is 102. The Morgan fingerprint density at radius 3 is 2.38 bits per heavy atom. The van der Waals surface area contributed by atoms with Gasteiger partial charge in [-0.3, -0.25) is 10.1 Å². The molecule has 1 aliphatic heterocycles. The lowest BCUT2D eigenvalue weighted by molar-refractivity contribution is -0.119. The van der Waals surface area contributed by atoms with E-state index in [2.05, 4.69) is 5.32 Å². The molecule has 0 amide bonds. The van der Waals surface area contributed by atoms with Crippen molar-refractivity contribution in [3.8, 4) is 0 Å². The summed E-state index contributed by atoms with van der Waals surface area (Å²) in [5.41, 5.74) is 10.5. The Morgan fingerprint density at radius 2 is 2.25 bits per heavy atom. The topological polar surface area (TPSA) is 81.1 Å². The molecule has 1 heterocycles. The smallest absolute Gasteiger partial charge is 0.181 e. The van der Waals surface area contributed by atoms with Crippen LogP contribution in [0, 0.1) is 0 Å². The Morgan fingerprint density at radius 1 is 1.62 bits per heavy atom. The Kier molecular flexibility index (Phi) is 1.29. The number of nitrogens with one attached hydrogen (secondary N) is 1. The number of carbonyl (C=O) groups excluding carboxylic acids is 1. The molecule has 1 saturated heterocycles. The summed E-state index contributed by atoms with van der Waals surface area (Å²) in [6, 6.07) is -0.384. The van der Waals surface area contributed by atoms with E-state index in [0.717, 1.165) is 0 Å². The molecule has 0 aliphatic carbocycles. The minimum absolute atomic E-state index is 0.0926. The first-order valence-corrected chi connectivity index (χ1v) is 2.50. The number of hydrogen-bond donors (Lipinski definition) is 3. The molecule has 0 aromatic rings. The van der Waals surface area contributed by atoms with Gasteiger partial charge in [-0.2, -0.15) is 0 Å². The highest BCUT2D eigenvalue weighted by Gasteiger charge is 2.27. The van der Waals surface area contributed by atoms with Crippen LogP contribution in [0.1, 0.15) is 0 Å². The third kappa shape index (κ3) is 0.730. The highest BCUT2D eigenvalue weighted by atomic mass is 16.1. The normalized spacial score (nSPS) is 38.5. The Labute approximate surface area is 47.2 Å². The molecule has 46 valence electrons. The van der Waals surface area contributed by atoms with E-state index in [1.54, 1.807) is 0 Å². The van der Waals surface area contributed by atoms with Crippen LogP contribution in [0.2, 0.25) is 0 Å². The van der Waals surface area contributed by atoms with Gasteiger partial charge in [-0.05, 0) is 0 Å². The SMILES string of the molecule is NC1CNC(N)C1=O. The van der Waals surface area contributed by atoms with Gasteiger partial charge < -0.3 is 11.5 Å². The molecule has 1 rings (SSSR count). The molecule has 2 atom stereocenters. The first-order valence-electron chi connectivity index (χ1n) is 2.50. The van der Waals surface area contributed by atoms with Crippen LogP contribution >= 0.6 is 0 Å². The van der Waals surface area contributed by atoms with Gasteiger partial charge in [0.05, 0.1) is 6.04 Å². The van der Waals surface area contributed by atoms with Gasteiger partial charge in [0.2, 0.25) is 0 Å². The average Bonchev–Trinajstić information content (AvgIpc) is 1.98. The second kappa shape index (κ2) is 1.81. The Balaban J connectivity index is 2.57. The van der Waals surface area contributed by atoms with Crippen molar-refractivity contribution in [3.63, 3.8) is 0 Å². The molecule has 8 heavy (non-hydrogen) atoms. The maximum atomic E-state index is 10.6. The van der Waals surface area contributed by atoms with Crippen molar-refractivity contribution in [2.24, 2.45) is 11.5 Å². The first-order chi connectivity index (χ1) is 3.72. The second-order valence-electron chi connectivity index (χ2n) is 1.89. The molecule has 1 fully saturated rings. The maximum Gasteiger partial charge on any atom is 0.181 e. The van der Waals surface area contributed by atoms with Gasteiger partial charge in [-0.1, -0.05) is 0 Å². The van der Waals surface area contributed by atoms with Crippen LogP contribution in [0.3, 0.4) is 0 Å². The molecule has 0 bridgehead atoms. The van der Waals surface area contributed by atoms with Gasteiger partial charge in [0, 0.05) is 6.54 Å². The predicted octanol–water partition coefficient (Wildman–Crippen LogP) is -2.23. The molecule has 2 unspecified atom stereocenters. The summed E-state index contributed by atoms with van der Waals surface area (Å²) in [4.78, 5) is 10.6. The van der Waals surface area contributed by atoms with Gasteiger partial charge in [-0.25, -0.2) is 0 Å². The highest BCUT2D eigenvalue weighted by molar-refractivity contribution is 5.90. The fraction of sp³-hybridized carbons (Fsp3) is 0.750. The standard InChI is InChI=1S/C4H9N3O/c5-2-1-7-4(6)3(2)8/h2,4,7H,1,5-6H2. The average molecular weight is 115 g/mol. The van der Waals surface area contributed by atoms with Crippen LogP contribution in [-0.4, -0.2) is 24.5 Å². The van der Waals surface area contributed by atoms with Crippen LogP contribution in [0.15, 0.2) is 0 Å². The quantitative estimate of drug-likeness (QED) is 0.334. The second-order valence-corrected chi connectivity index (χ2v) is 1.89. The third-order valence-corrected chi connectivity index (χ3v) is 1.23. The number of nitrogens with two attached hydrogens (primary N) is 2. The van der Waals surface area contributed by atoms with E-state index in [1.165, 1.54) is 0 Å². The van der Waals surface area contributed by atoms with Crippen molar-refractivity contribution in [2.45, 2.75) is 12.2 Å². The van der Waals surface area contributed by atoms with Crippen LogP contribution in [0.25, 0.3) is 0 Å². The van der Waals surface area contributed by atoms with Crippen LogP contribution < -0.4 is 16.8 Å². The fourth-order valence-electron chi connectivity index (χ4n) is 0.686. The van der Waals surface area contributed by atoms with E-state index >= 15 is 0 Å². The van der Waals surface area contributed by atoms with Gasteiger partial charge in [-0.15, -0.1) is 0 Å². The van der Waals surface area contributed by atoms with E-state index in [9.17, 15) is 4.79 Å². The number of ketones is 1. The largest absolute Gasteiger partial charge is 0.320 e. The van der Waals surface area contributed by atoms with Crippen molar-refractivity contribution in [1.29, 1.82) is 0 Å². The summed E-state index contributed by atoms with van der Waals surface area (Å²) in [5, 5.41) is 2.72.